The number of hydrogen-bond acceptors (Lipinski definition) is 6. The van der Waals surface area contributed by atoms with Gasteiger partial charge < -0.3 is 4.74 Å². The third-order valence-electron chi connectivity index (χ3n) is 4.29. The second-order valence-corrected chi connectivity index (χ2v) is 8.18. The first-order chi connectivity index (χ1) is 14.4. The van der Waals surface area contributed by atoms with Crippen molar-refractivity contribution in [3.8, 4) is 5.75 Å². The van der Waals surface area contributed by atoms with Crippen LogP contribution in [0.15, 0.2) is 56.8 Å². The SMILES string of the molecule is CCN=C1SC(=Cc2ccc(OCc3ccc([N+](=O)[O-])cc3)c(Br)c2)C(=O)N1CC. The molecule has 156 valence electrons. The van der Waals surface area contributed by atoms with E-state index in [0.717, 1.165) is 20.8 Å². The van der Waals surface area contributed by atoms with Crippen LogP contribution < -0.4 is 4.74 Å². The van der Waals surface area contributed by atoms with Crippen molar-refractivity contribution in [2.45, 2.75) is 20.5 Å². The number of rotatable bonds is 7. The number of carbonyl (C=O) groups excluding carboxylic acids is 1. The number of aliphatic imine (C=N–C) groups is 1. The van der Waals surface area contributed by atoms with Crippen molar-refractivity contribution in [3.63, 3.8) is 0 Å². The molecule has 2 aromatic carbocycles. The van der Waals surface area contributed by atoms with Gasteiger partial charge in [-0.3, -0.25) is 24.8 Å². The number of carbonyl (C=O) groups is 1. The smallest absolute Gasteiger partial charge is 0.269 e. The lowest BCUT2D eigenvalue weighted by Gasteiger charge is -2.11. The minimum absolute atomic E-state index is 0.0377. The first-order valence-electron chi connectivity index (χ1n) is 9.34. The summed E-state index contributed by atoms with van der Waals surface area (Å²) in [6, 6.07) is 11.8. The molecular formula is C21H20BrN3O4S. The van der Waals surface area contributed by atoms with Crippen LogP contribution >= 0.6 is 27.7 Å². The standard InChI is InChI=1S/C21H20BrN3O4S/c1-3-23-21-24(4-2)20(26)19(30-21)12-15-7-10-18(17(22)11-15)29-13-14-5-8-16(9-6-14)25(27)28/h5-12H,3-4,13H2,1-2H3. The fourth-order valence-corrected chi connectivity index (χ4v) is 4.41. The van der Waals surface area contributed by atoms with Crippen molar-refractivity contribution >= 4 is 50.5 Å². The fourth-order valence-electron chi connectivity index (χ4n) is 2.79. The Morgan fingerprint density at radius 2 is 1.97 bits per heavy atom. The number of nitro groups is 1. The molecule has 7 nitrogen and oxygen atoms in total. The first kappa shape index (κ1) is 22.0. The number of ether oxygens (including phenoxy) is 1. The largest absolute Gasteiger partial charge is 0.488 e. The molecule has 9 heteroatoms. The van der Waals surface area contributed by atoms with E-state index in [1.54, 1.807) is 17.0 Å². The Morgan fingerprint density at radius 1 is 1.23 bits per heavy atom. The summed E-state index contributed by atoms with van der Waals surface area (Å²) < 4.78 is 6.57. The van der Waals surface area contributed by atoms with Gasteiger partial charge in [0.2, 0.25) is 0 Å². The van der Waals surface area contributed by atoms with E-state index in [1.165, 1.54) is 23.9 Å². The number of hydrogen-bond donors (Lipinski definition) is 0. The minimum atomic E-state index is -0.432. The number of amidine groups is 1. The van der Waals surface area contributed by atoms with Crippen molar-refractivity contribution in [1.29, 1.82) is 0 Å². The van der Waals surface area contributed by atoms with Crippen LogP contribution in [-0.4, -0.2) is 34.0 Å². The van der Waals surface area contributed by atoms with Gasteiger partial charge >= 0.3 is 0 Å². The van der Waals surface area contributed by atoms with Gasteiger partial charge in [-0.1, -0.05) is 6.07 Å². The predicted octanol–water partition coefficient (Wildman–Crippen LogP) is 5.25. The Bertz CT molecular complexity index is 1020. The zero-order chi connectivity index (χ0) is 21.7. The molecule has 1 amide bonds. The molecule has 1 aliphatic rings. The maximum Gasteiger partial charge on any atom is 0.269 e. The van der Waals surface area contributed by atoms with Crippen molar-refractivity contribution in [2.24, 2.45) is 4.99 Å². The molecule has 0 unspecified atom stereocenters. The Balaban J connectivity index is 1.71. The molecule has 1 saturated heterocycles. The van der Waals surface area contributed by atoms with Crippen LogP contribution in [0, 0.1) is 10.1 Å². The quantitative estimate of drug-likeness (QED) is 0.301. The van der Waals surface area contributed by atoms with E-state index >= 15 is 0 Å². The van der Waals surface area contributed by atoms with E-state index in [9.17, 15) is 14.9 Å². The molecule has 2 aromatic rings. The number of nitrogens with zero attached hydrogens (tertiary/aromatic N) is 3. The van der Waals surface area contributed by atoms with Crippen molar-refractivity contribution in [3.05, 3.63) is 73.1 Å². The van der Waals surface area contributed by atoms with Crippen molar-refractivity contribution in [2.75, 3.05) is 13.1 Å². The summed E-state index contributed by atoms with van der Waals surface area (Å²) >= 11 is 4.89. The van der Waals surface area contributed by atoms with Crippen LogP contribution in [0.3, 0.4) is 0 Å². The number of thioether (sulfide) groups is 1. The summed E-state index contributed by atoms with van der Waals surface area (Å²) in [4.78, 5) is 29.6. The van der Waals surface area contributed by atoms with Crippen molar-refractivity contribution in [1.82, 2.24) is 4.90 Å². The predicted molar refractivity (Wildman–Crippen MR) is 123 cm³/mol. The van der Waals surface area contributed by atoms with Crippen LogP contribution in [0.4, 0.5) is 5.69 Å². The van der Waals surface area contributed by atoms with Gasteiger partial charge in [-0.25, -0.2) is 0 Å². The molecule has 1 fully saturated rings. The Kier molecular flexibility index (Phi) is 7.28. The topological polar surface area (TPSA) is 85.0 Å². The van der Waals surface area contributed by atoms with Crippen molar-refractivity contribution < 1.29 is 14.5 Å². The monoisotopic (exact) mass is 489 g/mol. The normalized spacial score (nSPS) is 16.5. The van der Waals surface area contributed by atoms with Gasteiger partial charge in [0.25, 0.3) is 11.6 Å². The number of benzene rings is 2. The molecule has 0 aromatic heterocycles. The molecule has 0 saturated carbocycles. The maximum atomic E-state index is 12.6. The fraction of sp³-hybridized carbons (Fsp3) is 0.238. The van der Waals surface area contributed by atoms with Crippen LogP contribution in [0.25, 0.3) is 6.08 Å². The molecule has 0 spiro atoms. The Hall–Kier alpha value is -2.65. The van der Waals surface area contributed by atoms with Gasteiger partial charge in [-0.2, -0.15) is 0 Å². The molecular weight excluding hydrogens is 470 g/mol. The molecule has 0 N–H and O–H groups in total. The summed E-state index contributed by atoms with van der Waals surface area (Å²) in [7, 11) is 0. The van der Waals surface area contributed by atoms with Crippen LogP contribution in [0.5, 0.6) is 5.75 Å². The first-order valence-corrected chi connectivity index (χ1v) is 11.0. The minimum Gasteiger partial charge on any atom is -0.488 e. The third kappa shape index (κ3) is 5.09. The van der Waals surface area contributed by atoms with E-state index < -0.39 is 4.92 Å². The lowest BCUT2D eigenvalue weighted by molar-refractivity contribution is -0.384. The highest BCUT2D eigenvalue weighted by Gasteiger charge is 2.31. The molecule has 0 aliphatic carbocycles. The third-order valence-corrected chi connectivity index (χ3v) is 5.96. The van der Waals surface area contributed by atoms with Gasteiger partial charge in [0.05, 0.1) is 14.3 Å². The number of nitro benzene ring substituents is 1. The summed E-state index contributed by atoms with van der Waals surface area (Å²) in [5.74, 6) is 0.605. The van der Waals surface area contributed by atoms with E-state index in [4.69, 9.17) is 4.74 Å². The van der Waals surface area contributed by atoms with E-state index in [1.807, 2.05) is 38.1 Å². The lowest BCUT2D eigenvalue weighted by Crippen LogP contribution is -2.28. The molecule has 1 heterocycles. The highest BCUT2D eigenvalue weighted by Crippen LogP contribution is 2.34. The number of halogens is 1. The number of non-ortho nitro benzene ring substituents is 1. The van der Waals surface area contributed by atoms with Gasteiger partial charge in [0.15, 0.2) is 5.17 Å². The van der Waals surface area contributed by atoms with E-state index in [0.29, 0.717) is 23.7 Å². The second kappa shape index (κ2) is 9.90. The van der Waals surface area contributed by atoms with Crippen LogP contribution in [-0.2, 0) is 11.4 Å². The Labute approximate surface area is 187 Å². The highest BCUT2D eigenvalue weighted by atomic mass is 79.9. The molecule has 0 atom stereocenters. The lowest BCUT2D eigenvalue weighted by atomic mass is 10.2. The second-order valence-electron chi connectivity index (χ2n) is 6.32. The molecule has 1 aliphatic heterocycles. The van der Waals surface area contributed by atoms with Gasteiger partial charge in [-0.15, -0.1) is 0 Å². The van der Waals surface area contributed by atoms with Gasteiger partial charge in [-0.05, 0) is 83.0 Å². The number of likely N-dealkylation sites (N-methyl/N-ethyl adjacent to an activating group) is 1. The van der Waals surface area contributed by atoms with Crippen LogP contribution in [0.2, 0.25) is 0 Å². The summed E-state index contributed by atoms with van der Waals surface area (Å²) in [5.41, 5.74) is 1.74. The molecule has 3 rings (SSSR count). The Morgan fingerprint density at radius 3 is 2.57 bits per heavy atom. The van der Waals surface area contributed by atoms with E-state index in [2.05, 4.69) is 20.9 Å². The zero-order valence-corrected chi connectivity index (χ0v) is 18.9. The van der Waals surface area contributed by atoms with Crippen LogP contribution in [0.1, 0.15) is 25.0 Å². The van der Waals surface area contributed by atoms with Gasteiger partial charge in [0.1, 0.15) is 12.4 Å². The average Bonchev–Trinajstić information content (AvgIpc) is 3.02. The highest BCUT2D eigenvalue weighted by molar-refractivity contribution is 9.10. The maximum absolute atomic E-state index is 12.6. The van der Waals surface area contributed by atoms with Gasteiger partial charge in [0, 0.05) is 25.2 Å². The van der Waals surface area contributed by atoms with E-state index in [-0.39, 0.29) is 18.2 Å². The summed E-state index contributed by atoms with van der Waals surface area (Å²) in [6.07, 6.45) is 1.85. The molecule has 0 radical (unpaired) electrons. The average molecular weight is 490 g/mol. The number of amides is 1. The molecule has 30 heavy (non-hydrogen) atoms. The zero-order valence-electron chi connectivity index (χ0n) is 16.5. The summed E-state index contributed by atoms with van der Waals surface area (Å²) in [6.45, 7) is 5.38. The molecule has 0 bridgehead atoms. The summed E-state index contributed by atoms with van der Waals surface area (Å²) in [5, 5.41) is 11.5.